The second-order valence-corrected chi connectivity index (χ2v) is 9.09. The van der Waals surface area contributed by atoms with Crippen molar-refractivity contribution in [2.24, 2.45) is 0 Å². The molecule has 0 atom stereocenters. The molecule has 5 rings (SSSR count). The van der Waals surface area contributed by atoms with Crippen molar-refractivity contribution in [1.82, 2.24) is 34.3 Å². The van der Waals surface area contributed by atoms with Crippen LogP contribution in [0.3, 0.4) is 0 Å². The summed E-state index contributed by atoms with van der Waals surface area (Å²) in [5.41, 5.74) is 2.13. The molecule has 10 heteroatoms. The maximum Gasteiger partial charge on any atom is 0.255 e. The van der Waals surface area contributed by atoms with Crippen molar-refractivity contribution >= 4 is 28.7 Å². The van der Waals surface area contributed by atoms with E-state index in [9.17, 15) is 9.18 Å². The molecule has 0 spiro atoms. The Morgan fingerprint density at radius 2 is 1.89 bits per heavy atom. The lowest BCUT2D eigenvalue weighted by molar-refractivity contribution is 0.0643. The fraction of sp³-hybridized carbons (Fsp3) is 0.346. The molecule has 36 heavy (non-hydrogen) atoms. The summed E-state index contributed by atoms with van der Waals surface area (Å²) < 4.78 is 16.9. The lowest BCUT2D eigenvalue weighted by Crippen LogP contribution is -2.48. The molecule has 0 aliphatic carbocycles. The molecule has 1 fully saturated rings. The van der Waals surface area contributed by atoms with E-state index in [2.05, 4.69) is 37.1 Å². The van der Waals surface area contributed by atoms with Crippen molar-refractivity contribution in [2.75, 3.05) is 38.0 Å². The van der Waals surface area contributed by atoms with Crippen LogP contribution in [0.1, 0.15) is 37.2 Å². The van der Waals surface area contributed by atoms with Gasteiger partial charge in [-0.2, -0.15) is 0 Å². The summed E-state index contributed by atoms with van der Waals surface area (Å²) in [5.74, 6) is 0.124. The van der Waals surface area contributed by atoms with Crippen LogP contribution in [0.5, 0.6) is 0 Å². The van der Waals surface area contributed by atoms with E-state index in [4.69, 9.17) is 0 Å². The Morgan fingerprint density at radius 3 is 2.58 bits per heavy atom. The standard InChI is InChI=1S/C26H29FN8O/c1-4-33-10-12-34(13-11-33)25(36)18-7-8-22(29-14-18)31-26-30-15-21(27)23(32-26)20-16-35(17(2)3)24-19(20)6-5-9-28-24/h5-9,14-17H,4,10-13H2,1-3H3,(H,29,30,31,32). The van der Waals surface area contributed by atoms with Crippen LogP contribution in [0.4, 0.5) is 16.2 Å². The Balaban J connectivity index is 1.36. The number of halogens is 1. The monoisotopic (exact) mass is 488 g/mol. The maximum absolute atomic E-state index is 14.9. The number of pyridine rings is 2. The number of carbonyl (C=O) groups excluding carboxylic acids is 1. The van der Waals surface area contributed by atoms with Gasteiger partial charge in [0.05, 0.1) is 11.8 Å². The second kappa shape index (κ2) is 9.98. The highest BCUT2D eigenvalue weighted by atomic mass is 19.1. The average Bonchev–Trinajstić information content (AvgIpc) is 3.30. The third-order valence-electron chi connectivity index (χ3n) is 6.50. The number of hydrogen-bond donors (Lipinski definition) is 1. The number of likely N-dealkylation sites (N-methyl/N-ethyl adjacent to an activating group) is 1. The number of hydrogen-bond acceptors (Lipinski definition) is 7. The van der Waals surface area contributed by atoms with Gasteiger partial charge in [0.15, 0.2) is 5.82 Å². The van der Waals surface area contributed by atoms with Gasteiger partial charge < -0.3 is 19.7 Å². The number of rotatable bonds is 6. The van der Waals surface area contributed by atoms with Crippen molar-refractivity contribution in [2.45, 2.75) is 26.8 Å². The number of nitrogens with zero attached hydrogens (tertiary/aromatic N) is 7. The third kappa shape index (κ3) is 4.64. The zero-order chi connectivity index (χ0) is 25.2. The molecular formula is C26H29FN8O. The van der Waals surface area contributed by atoms with Crippen LogP contribution >= 0.6 is 0 Å². The summed E-state index contributed by atoms with van der Waals surface area (Å²) >= 11 is 0. The first-order valence-corrected chi connectivity index (χ1v) is 12.2. The molecule has 4 aromatic rings. The van der Waals surface area contributed by atoms with Crippen LogP contribution in [0.25, 0.3) is 22.3 Å². The van der Waals surface area contributed by atoms with Gasteiger partial charge in [-0.25, -0.2) is 24.3 Å². The van der Waals surface area contributed by atoms with Gasteiger partial charge in [-0.05, 0) is 44.7 Å². The summed E-state index contributed by atoms with van der Waals surface area (Å²) in [6.07, 6.45) is 6.28. The van der Waals surface area contributed by atoms with E-state index in [1.165, 1.54) is 0 Å². The minimum Gasteiger partial charge on any atom is -0.336 e. The lowest BCUT2D eigenvalue weighted by Gasteiger charge is -2.34. The largest absolute Gasteiger partial charge is 0.336 e. The van der Waals surface area contributed by atoms with Crippen LogP contribution in [0.2, 0.25) is 0 Å². The zero-order valence-electron chi connectivity index (χ0n) is 20.6. The van der Waals surface area contributed by atoms with Crippen LogP contribution in [-0.4, -0.2) is 72.9 Å². The summed E-state index contributed by atoms with van der Waals surface area (Å²) in [7, 11) is 0. The number of aromatic nitrogens is 5. The number of fused-ring (bicyclic) bond motifs is 1. The molecule has 1 N–H and O–H groups in total. The fourth-order valence-electron chi connectivity index (χ4n) is 4.44. The highest BCUT2D eigenvalue weighted by molar-refractivity contribution is 5.94. The van der Waals surface area contributed by atoms with E-state index in [1.54, 1.807) is 24.5 Å². The predicted octanol–water partition coefficient (Wildman–Crippen LogP) is 4.13. The third-order valence-corrected chi connectivity index (χ3v) is 6.50. The molecule has 9 nitrogen and oxygen atoms in total. The highest BCUT2D eigenvalue weighted by Gasteiger charge is 2.22. The smallest absolute Gasteiger partial charge is 0.255 e. The average molecular weight is 489 g/mol. The first-order chi connectivity index (χ1) is 17.4. The Labute approximate surface area is 209 Å². The summed E-state index contributed by atoms with van der Waals surface area (Å²) in [6, 6.07) is 7.32. The summed E-state index contributed by atoms with van der Waals surface area (Å²) in [5, 5.41) is 3.84. The molecule has 4 aromatic heterocycles. The van der Waals surface area contributed by atoms with Gasteiger partial charge in [-0.1, -0.05) is 6.92 Å². The second-order valence-electron chi connectivity index (χ2n) is 9.09. The molecule has 5 heterocycles. The van der Waals surface area contributed by atoms with Crippen molar-refractivity contribution < 1.29 is 9.18 Å². The minimum atomic E-state index is -0.524. The van der Waals surface area contributed by atoms with Crippen molar-refractivity contribution in [3.05, 3.63) is 60.4 Å². The van der Waals surface area contributed by atoms with E-state index in [0.29, 0.717) is 30.0 Å². The quantitative estimate of drug-likeness (QED) is 0.436. The van der Waals surface area contributed by atoms with E-state index < -0.39 is 5.82 Å². The normalized spacial score (nSPS) is 14.5. The number of amides is 1. The highest BCUT2D eigenvalue weighted by Crippen LogP contribution is 2.32. The van der Waals surface area contributed by atoms with E-state index in [1.807, 2.05) is 41.6 Å². The van der Waals surface area contributed by atoms with Crippen LogP contribution < -0.4 is 5.32 Å². The van der Waals surface area contributed by atoms with Crippen LogP contribution in [-0.2, 0) is 0 Å². The number of nitrogens with one attached hydrogen (secondary N) is 1. The molecule has 0 radical (unpaired) electrons. The summed E-state index contributed by atoms with van der Waals surface area (Å²) in [4.78, 5) is 34.4. The number of piperazine rings is 1. The van der Waals surface area contributed by atoms with Gasteiger partial charge in [-0.3, -0.25) is 4.79 Å². The summed E-state index contributed by atoms with van der Waals surface area (Å²) in [6.45, 7) is 10.4. The van der Waals surface area contributed by atoms with Gasteiger partial charge in [-0.15, -0.1) is 0 Å². The number of carbonyl (C=O) groups is 1. The fourth-order valence-corrected chi connectivity index (χ4v) is 4.44. The molecule has 0 unspecified atom stereocenters. The van der Waals surface area contributed by atoms with Gasteiger partial charge in [0.2, 0.25) is 5.95 Å². The zero-order valence-corrected chi connectivity index (χ0v) is 20.6. The topological polar surface area (TPSA) is 92.1 Å². The van der Waals surface area contributed by atoms with Gasteiger partial charge in [0, 0.05) is 61.8 Å². The van der Waals surface area contributed by atoms with Crippen LogP contribution in [0, 0.1) is 5.82 Å². The van der Waals surface area contributed by atoms with Crippen molar-refractivity contribution in [1.29, 1.82) is 0 Å². The van der Waals surface area contributed by atoms with E-state index in [-0.39, 0.29) is 23.6 Å². The molecule has 186 valence electrons. The van der Waals surface area contributed by atoms with Gasteiger partial charge in [0.1, 0.15) is 17.2 Å². The van der Waals surface area contributed by atoms with Crippen molar-refractivity contribution in [3.63, 3.8) is 0 Å². The van der Waals surface area contributed by atoms with Crippen LogP contribution in [0.15, 0.2) is 49.1 Å². The first-order valence-electron chi connectivity index (χ1n) is 12.2. The molecular weight excluding hydrogens is 459 g/mol. The first kappa shape index (κ1) is 23.8. The minimum absolute atomic E-state index is 0.0275. The maximum atomic E-state index is 14.9. The Morgan fingerprint density at radius 1 is 1.08 bits per heavy atom. The molecule has 0 saturated carbocycles. The lowest BCUT2D eigenvalue weighted by atomic mass is 10.1. The predicted molar refractivity (Wildman–Crippen MR) is 137 cm³/mol. The number of anilines is 2. The Bertz CT molecular complexity index is 1380. The van der Waals surface area contributed by atoms with Gasteiger partial charge in [0.25, 0.3) is 5.91 Å². The van der Waals surface area contributed by atoms with Gasteiger partial charge >= 0.3 is 0 Å². The Kier molecular flexibility index (Phi) is 6.60. The molecule has 1 amide bonds. The van der Waals surface area contributed by atoms with Crippen molar-refractivity contribution in [3.8, 4) is 11.3 Å². The SMILES string of the molecule is CCN1CCN(C(=O)c2ccc(Nc3ncc(F)c(-c4cn(C(C)C)c5ncccc45)n3)nc2)CC1. The van der Waals surface area contributed by atoms with E-state index >= 15 is 0 Å². The Hall–Kier alpha value is -3.92. The molecule has 1 saturated heterocycles. The molecule has 1 aliphatic rings. The molecule has 1 aliphatic heterocycles. The molecule has 0 bridgehead atoms. The van der Waals surface area contributed by atoms with E-state index in [0.717, 1.165) is 36.9 Å². The molecule has 0 aromatic carbocycles.